The topological polar surface area (TPSA) is 36.4 Å². The third-order valence-electron chi connectivity index (χ3n) is 4.68. The molecule has 3 nitrogen and oxygen atoms in total. The van der Waals surface area contributed by atoms with Gasteiger partial charge >= 0.3 is 0 Å². The molecular weight excluding hydrogens is 260 g/mol. The Hall–Kier alpha value is -1.37. The van der Waals surface area contributed by atoms with Crippen molar-refractivity contribution in [3.63, 3.8) is 0 Å². The molecule has 1 aromatic heterocycles. The summed E-state index contributed by atoms with van der Waals surface area (Å²) in [5.41, 5.74) is 0.493. The first-order valence-electron chi connectivity index (χ1n) is 8.03. The molecule has 1 saturated carbocycles. The summed E-state index contributed by atoms with van der Waals surface area (Å²) >= 11 is 0. The zero-order chi connectivity index (χ0) is 14.7. The lowest BCUT2D eigenvalue weighted by Gasteiger charge is -2.34. The van der Waals surface area contributed by atoms with Crippen molar-refractivity contribution in [1.82, 2.24) is 9.88 Å². The van der Waals surface area contributed by atoms with E-state index in [-0.39, 0.29) is 0 Å². The molecule has 0 bridgehead atoms. The van der Waals surface area contributed by atoms with E-state index in [1.807, 2.05) is 25.4 Å². The molecule has 2 atom stereocenters. The van der Waals surface area contributed by atoms with Crippen LogP contribution in [0.4, 0.5) is 0 Å². The summed E-state index contributed by atoms with van der Waals surface area (Å²) in [4.78, 5) is 6.67. The molecule has 2 aliphatic rings. The fourth-order valence-electron chi connectivity index (χ4n) is 3.20. The number of nitrogens with zero attached hydrogens (tertiary/aromatic N) is 2. The molecule has 21 heavy (non-hydrogen) atoms. The van der Waals surface area contributed by atoms with E-state index in [2.05, 4.69) is 27.8 Å². The molecule has 3 rings (SSSR count). The van der Waals surface area contributed by atoms with Crippen LogP contribution in [-0.4, -0.2) is 33.7 Å². The Morgan fingerprint density at radius 3 is 2.95 bits per heavy atom. The standard InChI is InChI=1S/C18H24N2O/c1-18(21,16-8-9-16)10-5-13-20-12-3-2-7-17(20)15-6-4-11-19-14-15/h4,6,11,14,16-17,21H,2-3,7-9,12-13H2,1H3. The van der Waals surface area contributed by atoms with Gasteiger partial charge in [-0.15, -0.1) is 0 Å². The number of rotatable bonds is 3. The van der Waals surface area contributed by atoms with Gasteiger partial charge in [0.15, 0.2) is 0 Å². The Morgan fingerprint density at radius 1 is 1.38 bits per heavy atom. The summed E-state index contributed by atoms with van der Waals surface area (Å²) in [6, 6.07) is 4.59. The van der Waals surface area contributed by atoms with Crippen LogP contribution >= 0.6 is 0 Å². The first-order valence-corrected chi connectivity index (χ1v) is 8.03. The van der Waals surface area contributed by atoms with Gasteiger partial charge in [0.2, 0.25) is 0 Å². The van der Waals surface area contributed by atoms with Crippen LogP contribution in [0.1, 0.15) is 50.6 Å². The van der Waals surface area contributed by atoms with Gasteiger partial charge in [-0.25, -0.2) is 0 Å². The molecule has 1 N–H and O–H groups in total. The van der Waals surface area contributed by atoms with Gasteiger partial charge < -0.3 is 5.11 Å². The first-order chi connectivity index (χ1) is 10.2. The summed E-state index contributed by atoms with van der Waals surface area (Å²) in [6.45, 7) is 3.68. The van der Waals surface area contributed by atoms with Gasteiger partial charge in [0.25, 0.3) is 0 Å². The third-order valence-corrected chi connectivity index (χ3v) is 4.68. The highest BCUT2D eigenvalue weighted by atomic mass is 16.3. The molecule has 0 spiro atoms. The molecule has 1 aliphatic heterocycles. The normalized spacial score (nSPS) is 25.7. The lowest BCUT2D eigenvalue weighted by molar-refractivity contribution is 0.0975. The number of aliphatic hydroxyl groups is 1. The molecule has 3 heteroatoms. The smallest absolute Gasteiger partial charge is 0.125 e. The van der Waals surface area contributed by atoms with Crippen molar-refractivity contribution in [3.8, 4) is 11.8 Å². The molecule has 2 fully saturated rings. The molecule has 1 aliphatic carbocycles. The number of aromatic nitrogens is 1. The second kappa shape index (κ2) is 6.17. The first kappa shape index (κ1) is 14.6. The van der Waals surface area contributed by atoms with Gasteiger partial charge in [0.1, 0.15) is 5.60 Å². The number of pyridine rings is 1. The number of piperidine rings is 1. The van der Waals surface area contributed by atoms with Crippen LogP contribution in [0.15, 0.2) is 24.5 Å². The molecule has 1 aromatic rings. The zero-order valence-corrected chi connectivity index (χ0v) is 12.8. The molecule has 112 valence electrons. The van der Waals surface area contributed by atoms with Crippen molar-refractivity contribution in [1.29, 1.82) is 0 Å². The lowest BCUT2D eigenvalue weighted by atomic mass is 9.96. The molecule has 2 unspecified atom stereocenters. The lowest BCUT2D eigenvalue weighted by Crippen LogP contribution is -2.34. The van der Waals surface area contributed by atoms with Crippen LogP contribution in [-0.2, 0) is 0 Å². The van der Waals surface area contributed by atoms with Crippen LogP contribution in [0.5, 0.6) is 0 Å². The minimum atomic E-state index is -0.792. The number of hydrogen-bond acceptors (Lipinski definition) is 3. The molecule has 0 amide bonds. The van der Waals surface area contributed by atoms with E-state index in [0.717, 1.165) is 25.9 Å². The van der Waals surface area contributed by atoms with Gasteiger partial charge in [0.05, 0.1) is 6.54 Å². The van der Waals surface area contributed by atoms with Crippen molar-refractivity contribution in [2.45, 2.75) is 50.7 Å². The van der Waals surface area contributed by atoms with Crippen LogP contribution < -0.4 is 0 Å². The fraction of sp³-hybridized carbons (Fsp3) is 0.611. The van der Waals surface area contributed by atoms with Crippen LogP contribution in [0, 0.1) is 17.8 Å². The van der Waals surface area contributed by atoms with Crippen LogP contribution in [0.2, 0.25) is 0 Å². The minimum absolute atomic E-state index is 0.389. The third kappa shape index (κ3) is 3.64. The summed E-state index contributed by atoms with van der Waals surface area (Å²) in [5, 5.41) is 10.3. The van der Waals surface area contributed by atoms with E-state index < -0.39 is 5.60 Å². The van der Waals surface area contributed by atoms with Crippen molar-refractivity contribution in [2.75, 3.05) is 13.1 Å². The highest BCUT2D eigenvalue weighted by Crippen LogP contribution is 2.39. The monoisotopic (exact) mass is 284 g/mol. The Labute approximate surface area is 127 Å². The molecule has 1 saturated heterocycles. The Bertz CT molecular complexity index is 525. The summed E-state index contributed by atoms with van der Waals surface area (Å²) in [7, 11) is 0. The zero-order valence-electron chi connectivity index (χ0n) is 12.8. The highest BCUT2D eigenvalue weighted by Gasteiger charge is 2.38. The molecular formula is C18H24N2O. The maximum atomic E-state index is 10.3. The van der Waals surface area contributed by atoms with E-state index in [4.69, 9.17) is 0 Å². The van der Waals surface area contributed by atoms with Gasteiger partial charge in [0, 0.05) is 18.4 Å². The second-order valence-corrected chi connectivity index (χ2v) is 6.49. The molecule has 2 heterocycles. The largest absolute Gasteiger partial charge is 0.378 e. The number of likely N-dealkylation sites (tertiary alicyclic amines) is 1. The molecule has 0 aromatic carbocycles. The molecule has 0 radical (unpaired) electrons. The Morgan fingerprint density at radius 2 is 2.24 bits per heavy atom. The van der Waals surface area contributed by atoms with Gasteiger partial charge in [-0.1, -0.05) is 24.3 Å². The highest BCUT2D eigenvalue weighted by molar-refractivity contribution is 5.19. The van der Waals surface area contributed by atoms with Gasteiger partial charge in [-0.05, 0) is 56.7 Å². The Balaban J connectivity index is 1.66. The van der Waals surface area contributed by atoms with E-state index in [1.165, 1.54) is 24.8 Å². The van der Waals surface area contributed by atoms with Crippen LogP contribution in [0.25, 0.3) is 0 Å². The average Bonchev–Trinajstić information content (AvgIpc) is 3.34. The summed E-state index contributed by atoms with van der Waals surface area (Å²) in [6.07, 6.45) is 9.70. The average molecular weight is 284 g/mol. The van der Waals surface area contributed by atoms with E-state index in [9.17, 15) is 5.11 Å². The number of hydrogen-bond donors (Lipinski definition) is 1. The summed E-state index contributed by atoms with van der Waals surface area (Å²) in [5.74, 6) is 6.70. The van der Waals surface area contributed by atoms with Gasteiger partial charge in [-0.3, -0.25) is 9.88 Å². The van der Waals surface area contributed by atoms with E-state index in [0.29, 0.717) is 12.0 Å². The predicted molar refractivity (Wildman–Crippen MR) is 83.5 cm³/mol. The summed E-state index contributed by atoms with van der Waals surface area (Å²) < 4.78 is 0. The van der Waals surface area contributed by atoms with Crippen molar-refractivity contribution in [3.05, 3.63) is 30.1 Å². The van der Waals surface area contributed by atoms with Crippen LogP contribution in [0.3, 0.4) is 0 Å². The maximum Gasteiger partial charge on any atom is 0.125 e. The SMILES string of the molecule is CC(O)(C#CCN1CCCCC1c1cccnc1)C1CC1. The van der Waals surface area contributed by atoms with Gasteiger partial charge in [-0.2, -0.15) is 0 Å². The predicted octanol–water partition coefficient (Wildman–Crippen LogP) is 2.77. The Kier molecular flexibility index (Phi) is 4.28. The quantitative estimate of drug-likeness (QED) is 0.867. The maximum absolute atomic E-state index is 10.3. The van der Waals surface area contributed by atoms with Crippen molar-refractivity contribution in [2.24, 2.45) is 5.92 Å². The minimum Gasteiger partial charge on any atom is -0.378 e. The van der Waals surface area contributed by atoms with E-state index in [1.54, 1.807) is 0 Å². The van der Waals surface area contributed by atoms with E-state index >= 15 is 0 Å². The van der Waals surface area contributed by atoms with Crippen molar-refractivity contribution >= 4 is 0 Å². The van der Waals surface area contributed by atoms with Crippen molar-refractivity contribution < 1.29 is 5.11 Å². The second-order valence-electron chi connectivity index (χ2n) is 6.49. The fourth-order valence-corrected chi connectivity index (χ4v) is 3.20.